The summed E-state index contributed by atoms with van der Waals surface area (Å²) in [4.78, 5) is 3.41. The van der Waals surface area contributed by atoms with E-state index >= 15 is 0 Å². The molecule has 0 bridgehead atoms. The number of hydrogen-bond acceptors (Lipinski definition) is 1. The van der Waals surface area contributed by atoms with Crippen molar-refractivity contribution in [3.63, 3.8) is 0 Å². The topological polar surface area (TPSA) is 22.2 Å². The fourth-order valence-corrected chi connectivity index (χ4v) is 1.91. The second-order valence-corrected chi connectivity index (χ2v) is 4.05. The van der Waals surface area contributed by atoms with Crippen LogP contribution in [0.4, 0.5) is 5.82 Å². The summed E-state index contributed by atoms with van der Waals surface area (Å²) in [5, 5.41) is 5.43. The van der Waals surface area contributed by atoms with Gasteiger partial charge in [-0.1, -0.05) is 18.2 Å². The van der Waals surface area contributed by atoms with E-state index in [1.807, 2.05) is 12.1 Å². The molecule has 3 nitrogen and oxygen atoms in total. The van der Waals surface area contributed by atoms with Gasteiger partial charge in [0.15, 0.2) is 0 Å². The van der Waals surface area contributed by atoms with Crippen LogP contribution in [-0.4, -0.2) is 9.78 Å². The second-order valence-electron chi connectivity index (χ2n) is 2.81. The molecule has 1 heterocycles. The number of benzene rings is 1. The van der Waals surface area contributed by atoms with E-state index in [9.17, 15) is 0 Å². The molecule has 5 heteroatoms. The fraction of sp³-hybridized carbons (Fsp3) is 0.111. The summed E-state index contributed by atoms with van der Waals surface area (Å²) in [6, 6.07) is 3.66. The lowest BCUT2D eigenvalue weighted by Crippen LogP contribution is -1.86. The van der Waals surface area contributed by atoms with Crippen molar-refractivity contribution in [3.8, 4) is 0 Å². The van der Waals surface area contributed by atoms with Crippen molar-refractivity contribution < 1.29 is 0 Å². The minimum absolute atomic E-state index is 0.464. The van der Waals surface area contributed by atoms with Crippen molar-refractivity contribution >= 4 is 44.3 Å². The molecule has 70 valence electrons. The van der Waals surface area contributed by atoms with Crippen LogP contribution < -0.4 is 0 Å². The van der Waals surface area contributed by atoms with E-state index in [1.165, 1.54) is 4.68 Å². The molecular weight excluding hydrogens is 265 g/mol. The van der Waals surface area contributed by atoms with Gasteiger partial charge in [-0.15, -0.1) is 5.10 Å². The Hall–Kier alpha value is -1.05. The fourth-order valence-electron chi connectivity index (χ4n) is 1.34. The molecule has 0 spiro atoms. The van der Waals surface area contributed by atoms with Gasteiger partial charge in [-0.3, -0.25) is 0 Å². The van der Waals surface area contributed by atoms with Crippen molar-refractivity contribution in [1.29, 1.82) is 0 Å². The third kappa shape index (κ3) is 1.21. The third-order valence-corrected chi connectivity index (χ3v) is 3.25. The normalized spacial score (nSPS) is 10.4. The Morgan fingerprint density at radius 3 is 2.93 bits per heavy atom. The summed E-state index contributed by atoms with van der Waals surface area (Å²) in [5.41, 5.74) is 0.742. The van der Waals surface area contributed by atoms with Crippen LogP contribution in [0.3, 0.4) is 0 Å². The van der Waals surface area contributed by atoms with Crippen LogP contribution in [0.25, 0.3) is 15.7 Å². The van der Waals surface area contributed by atoms with Gasteiger partial charge in [-0.25, -0.2) is 0 Å². The van der Waals surface area contributed by atoms with Crippen molar-refractivity contribution in [1.82, 2.24) is 9.78 Å². The standard InChI is InChI=1S/C9H5BrClN3/c1-12-9-7-6(13-14(9)2)4-3-5(10)8(7)11/h3-4H,2H3. The molecule has 0 atom stereocenters. The van der Waals surface area contributed by atoms with Gasteiger partial charge in [0.2, 0.25) is 0 Å². The average Bonchev–Trinajstić information content (AvgIpc) is 2.48. The van der Waals surface area contributed by atoms with E-state index in [4.69, 9.17) is 18.2 Å². The van der Waals surface area contributed by atoms with Gasteiger partial charge in [0, 0.05) is 9.86 Å². The Balaban J connectivity index is 3.00. The highest BCUT2D eigenvalue weighted by Crippen LogP contribution is 2.36. The molecule has 0 unspecified atom stereocenters. The van der Waals surface area contributed by atoms with Crippen LogP contribution in [0.5, 0.6) is 0 Å². The molecule has 0 aliphatic carbocycles. The molecule has 0 saturated carbocycles. The Bertz CT molecular complexity index is 553. The molecule has 0 fully saturated rings. The Labute approximate surface area is 94.2 Å². The Kier molecular flexibility index (Phi) is 2.22. The second kappa shape index (κ2) is 3.26. The molecular formula is C9H5BrClN3. The molecule has 0 aliphatic rings. The Morgan fingerprint density at radius 1 is 1.57 bits per heavy atom. The van der Waals surface area contributed by atoms with Crippen molar-refractivity contribution in [3.05, 3.63) is 33.0 Å². The first-order valence-electron chi connectivity index (χ1n) is 3.83. The van der Waals surface area contributed by atoms with E-state index in [0.29, 0.717) is 16.2 Å². The largest absolute Gasteiger partial charge is 0.362 e. The van der Waals surface area contributed by atoms with Crippen molar-refractivity contribution in [2.45, 2.75) is 0 Å². The maximum atomic E-state index is 7.04. The zero-order chi connectivity index (χ0) is 10.3. The van der Waals surface area contributed by atoms with Gasteiger partial charge in [0.1, 0.15) is 5.52 Å². The molecule has 2 aromatic rings. The average molecular weight is 271 g/mol. The number of rotatable bonds is 0. The van der Waals surface area contributed by atoms with Crippen molar-refractivity contribution in [2.75, 3.05) is 0 Å². The molecule has 0 radical (unpaired) electrons. The lowest BCUT2D eigenvalue weighted by molar-refractivity contribution is 0.795. The van der Waals surface area contributed by atoms with Gasteiger partial charge in [0.05, 0.1) is 12.1 Å². The lowest BCUT2D eigenvalue weighted by Gasteiger charge is -1.96. The van der Waals surface area contributed by atoms with Crippen molar-refractivity contribution in [2.24, 2.45) is 7.05 Å². The number of halogens is 2. The van der Waals surface area contributed by atoms with Crippen LogP contribution in [-0.2, 0) is 7.05 Å². The zero-order valence-corrected chi connectivity index (χ0v) is 9.59. The summed E-state index contributed by atoms with van der Waals surface area (Å²) >= 11 is 9.40. The van der Waals surface area contributed by atoms with Gasteiger partial charge in [0.25, 0.3) is 5.82 Å². The summed E-state index contributed by atoms with van der Waals surface area (Å²) < 4.78 is 2.32. The van der Waals surface area contributed by atoms with Crippen LogP contribution in [0.2, 0.25) is 5.02 Å². The number of aromatic nitrogens is 2. The van der Waals surface area contributed by atoms with E-state index in [1.54, 1.807) is 7.05 Å². The van der Waals surface area contributed by atoms with E-state index < -0.39 is 0 Å². The number of fused-ring (bicyclic) bond motifs is 1. The van der Waals surface area contributed by atoms with E-state index in [0.717, 1.165) is 9.99 Å². The molecule has 1 aromatic carbocycles. The first-order valence-corrected chi connectivity index (χ1v) is 5.00. The molecule has 2 rings (SSSR count). The molecule has 0 N–H and O–H groups in total. The summed E-state index contributed by atoms with van der Waals surface area (Å²) in [7, 11) is 1.73. The number of nitrogens with zero attached hydrogens (tertiary/aromatic N) is 3. The quantitative estimate of drug-likeness (QED) is 0.671. The van der Waals surface area contributed by atoms with Crippen LogP contribution in [0.15, 0.2) is 16.6 Å². The third-order valence-electron chi connectivity index (χ3n) is 1.97. The first-order chi connectivity index (χ1) is 6.65. The highest BCUT2D eigenvalue weighted by molar-refractivity contribution is 9.10. The molecule has 0 amide bonds. The summed E-state index contributed by atoms with van der Waals surface area (Å²) in [6.45, 7) is 7.04. The molecule has 0 aliphatic heterocycles. The lowest BCUT2D eigenvalue weighted by atomic mass is 10.2. The minimum Gasteiger partial charge on any atom is -0.362 e. The van der Waals surface area contributed by atoms with E-state index in [-0.39, 0.29) is 0 Å². The van der Waals surface area contributed by atoms with E-state index in [2.05, 4.69) is 25.9 Å². The van der Waals surface area contributed by atoms with Gasteiger partial charge in [-0.2, -0.15) is 4.68 Å². The number of hydrogen-bond donors (Lipinski definition) is 0. The predicted octanol–water partition coefficient (Wildman–Crippen LogP) is 3.54. The predicted molar refractivity (Wildman–Crippen MR) is 59.7 cm³/mol. The van der Waals surface area contributed by atoms with Crippen LogP contribution in [0, 0.1) is 6.57 Å². The van der Waals surface area contributed by atoms with Crippen LogP contribution in [0.1, 0.15) is 0 Å². The highest BCUT2D eigenvalue weighted by Gasteiger charge is 2.14. The Morgan fingerprint density at radius 2 is 2.29 bits per heavy atom. The number of aryl methyl sites for hydroxylation is 1. The maximum absolute atomic E-state index is 7.04. The highest BCUT2D eigenvalue weighted by atomic mass is 79.9. The monoisotopic (exact) mass is 269 g/mol. The summed E-state index contributed by atoms with van der Waals surface area (Å²) in [5.74, 6) is 0.464. The smallest absolute Gasteiger partial charge is 0.261 e. The molecule has 1 aromatic heterocycles. The van der Waals surface area contributed by atoms with Gasteiger partial charge >= 0.3 is 0 Å². The molecule has 14 heavy (non-hydrogen) atoms. The zero-order valence-electron chi connectivity index (χ0n) is 7.25. The van der Waals surface area contributed by atoms with Crippen LogP contribution >= 0.6 is 27.5 Å². The molecule has 0 saturated heterocycles. The minimum atomic E-state index is 0.464. The van der Waals surface area contributed by atoms with Gasteiger partial charge < -0.3 is 4.85 Å². The first kappa shape index (κ1) is 9.50. The maximum Gasteiger partial charge on any atom is 0.261 e. The van der Waals surface area contributed by atoms with Gasteiger partial charge in [-0.05, 0) is 28.1 Å². The SMILES string of the molecule is [C-]#[N+]c1c2c(Cl)c(Br)ccc2nn1C. The summed E-state index contributed by atoms with van der Waals surface area (Å²) in [6.07, 6.45) is 0.